The minimum Gasteiger partial charge on any atom is -0.369 e. The highest BCUT2D eigenvalue weighted by Gasteiger charge is 2.10. The summed E-state index contributed by atoms with van der Waals surface area (Å²) in [7, 11) is 0. The van der Waals surface area contributed by atoms with Gasteiger partial charge in [-0.15, -0.1) is 0 Å². The fraction of sp³-hybridized carbons (Fsp3) is 0.333. The second kappa shape index (κ2) is 6.84. The van der Waals surface area contributed by atoms with Crippen molar-refractivity contribution in [1.82, 2.24) is 9.97 Å². The van der Waals surface area contributed by atoms with Gasteiger partial charge in [0.25, 0.3) is 0 Å². The van der Waals surface area contributed by atoms with E-state index in [1.54, 1.807) is 24.5 Å². The fourth-order valence-corrected chi connectivity index (χ4v) is 1.90. The van der Waals surface area contributed by atoms with Crippen molar-refractivity contribution in [2.45, 2.75) is 26.3 Å². The number of hydrogen-bond acceptors (Lipinski definition) is 4. The van der Waals surface area contributed by atoms with Crippen LogP contribution in [-0.4, -0.2) is 16.5 Å². The van der Waals surface area contributed by atoms with Crippen LogP contribution in [0.15, 0.2) is 36.7 Å². The number of aromatic nitrogens is 2. The van der Waals surface area contributed by atoms with E-state index in [4.69, 9.17) is 0 Å². The zero-order valence-corrected chi connectivity index (χ0v) is 11.7. The van der Waals surface area contributed by atoms with Crippen LogP contribution < -0.4 is 10.6 Å². The SMILES string of the molecule is CCCNc1cncc(NC(C)c2ccccc2F)n1. The second-order valence-corrected chi connectivity index (χ2v) is 4.60. The van der Waals surface area contributed by atoms with E-state index in [1.807, 2.05) is 13.0 Å². The first-order chi connectivity index (χ1) is 9.70. The molecule has 20 heavy (non-hydrogen) atoms. The Labute approximate surface area is 118 Å². The zero-order valence-electron chi connectivity index (χ0n) is 11.7. The van der Waals surface area contributed by atoms with E-state index in [2.05, 4.69) is 27.5 Å². The Bertz CT molecular complexity index is 559. The van der Waals surface area contributed by atoms with Gasteiger partial charge in [-0.3, -0.25) is 4.98 Å². The van der Waals surface area contributed by atoms with Gasteiger partial charge in [-0.05, 0) is 19.4 Å². The van der Waals surface area contributed by atoms with E-state index in [0.717, 1.165) is 18.8 Å². The smallest absolute Gasteiger partial charge is 0.147 e. The maximum absolute atomic E-state index is 13.7. The van der Waals surface area contributed by atoms with Gasteiger partial charge in [0, 0.05) is 12.1 Å². The molecule has 0 radical (unpaired) electrons. The Balaban J connectivity index is 2.08. The molecule has 0 amide bonds. The third-order valence-electron chi connectivity index (χ3n) is 2.93. The lowest BCUT2D eigenvalue weighted by atomic mass is 10.1. The number of nitrogens with one attached hydrogen (secondary N) is 2. The van der Waals surface area contributed by atoms with Crippen molar-refractivity contribution in [3.63, 3.8) is 0 Å². The van der Waals surface area contributed by atoms with Crippen LogP contribution in [0.1, 0.15) is 31.9 Å². The van der Waals surface area contributed by atoms with Crippen molar-refractivity contribution >= 4 is 11.6 Å². The number of hydrogen-bond donors (Lipinski definition) is 2. The van der Waals surface area contributed by atoms with E-state index in [1.165, 1.54) is 6.07 Å². The van der Waals surface area contributed by atoms with E-state index < -0.39 is 0 Å². The van der Waals surface area contributed by atoms with Crippen molar-refractivity contribution in [3.05, 3.63) is 48.0 Å². The molecule has 1 unspecified atom stereocenters. The molecule has 2 rings (SSSR count). The van der Waals surface area contributed by atoms with Gasteiger partial charge >= 0.3 is 0 Å². The first-order valence-electron chi connectivity index (χ1n) is 6.77. The van der Waals surface area contributed by atoms with E-state index in [-0.39, 0.29) is 11.9 Å². The van der Waals surface area contributed by atoms with Crippen LogP contribution in [0.3, 0.4) is 0 Å². The first-order valence-corrected chi connectivity index (χ1v) is 6.77. The largest absolute Gasteiger partial charge is 0.369 e. The number of nitrogens with zero attached hydrogens (tertiary/aromatic N) is 2. The normalized spacial score (nSPS) is 11.9. The van der Waals surface area contributed by atoms with Crippen LogP contribution in [0.5, 0.6) is 0 Å². The molecule has 1 aromatic carbocycles. The highest BCUT2D eigenvalue weighted by molar-refractivity contribution is 5.43. The quantitative estimate of drug-likeness (QED) is 0.845. The molecular formula is C15H19FN4. The number of anilines is 2. The fourth-order valence-electron chi connectivity index (χ4n) is 1.90. The minimum absolute atomic E-state index is 0.174. The summed E-state index contributed by atoms with van der Waals surface area (Å²) in [4.78, 5) is 8.52. The van der Waals surface area contributed by atoms with Gasteiger partial charge in [-0.25, -0.2) is 9.37 Å². The highest BCUT2D eigenvalue weighted by atomic mass is 19.1. The van der Waals surface area contributed by atoms with Gasteiger partial charge in [0.15, 0.2) is 0 Å². The molecule has 2 N–H and O–H groups in total. The molecule has 0 aliphatic rings. The summed E-state index contributed by atoms with van der Waals surface area (Å²) < 4.78 is 13.7. The van der Waals surface area contributed by atoms with Gasteiger partial charge in [0.2, 0.25) is 0 Å². The summed E-state index contributed by atoms with van der Waals surface area (Å²) in [5.74, 6) is 1.13. The van der Waals surface area contributed by atoms with Crippen LogP contribution in [0.4, 0.5) is 16.0 Å². The third-order valence-corrected chi connectivity index (χ3v) is 2.93. The lowest BCUT2D eigenvalue weighted by Crippen LogP contribution is -2.11. The van der Waals surface area contributed by atoms with Crippen LogP contribution in [-0.2, 0) is 0 Å². The summed E-state index contributed by atoms with van der Waals surface area (Å²) in [6, 6.07) is 6.55. The topological polar surface area (TPSA) is 49.8 Å². The Morgan fingerprint density at radius 2 is 1.95 bits per heavy atom. The Kier molecular flexibility index (Phi) is 4.87. The number of halogens is 1. The van der Waals surface area contributed by atoms with Crippen molar-refractivity contribution in [3.8, 4) is 0 Å². The van der Waals surface area contributed by atoms with Crippen LogP contribution in [0.25, 0.3) is 0 Å². The second-order valence-electron chi connectivity index (χ2n) is 4.60. The van der Waals surface area contributed by atoms with E-state index >= 15 is 0 Å². The number of benzene rings is 1. The summed E-state index contributed by atoms with van der Waals surface area (Å²) >= 11 is 0. The average molecular weight is 274 g/mol. The first kappa shape index (κ1) is 14.2. The van der Waals surface area contributed by atoms with E-state index in [9.17, 15) is 4.39 Å². The van der Waals surface area contributed by atoms with Crippen molar-refractivity contribution in [1.29, 1.82) is 0 Å². The lowest BCUT2D eigenvalue weighted by molar-refractivity contribution is 0.600. The molecule has 0 aliphatic carbocycles. The van der Waals surface area contributed by atoms with Crippen molar-refractivity contribution in [2.24, 2.45) is 0 Å². The molecule has 1 heterocycles. The monoisotopic (exact) mass is 274 g/mol. The summed E-state index contributed by atoms with van der Waals surface area (Å²) in [6.45, 7) is 4.83. The summed E-state index contributed by atoms with van der Waals surface area (Å²) in [6.07, 6.45) is 4.33. The molecule has 0 bridgehead atoms. The summed E-state index contributed by atoms with van der Waals surface area (Å²) in [5, 5.41) is 6.33. The zero-order chi connectivity index (χ0) is 14.4. The van der Waals surface area contributed by atoms with Crippen LogP contribution >= 0.6 is 0 Å². The maximum atomic E-state index is 13.7. The van der Waals surface area contributed by atoms with Gasteiger partial charge in [-0.1, -0.05) is 25.1 Å². The highest BCUT2D eigenvalue weighted by Crippen LogP contribution is 2.20. The molecule has 0 fully saturated rings. The van der Waals surface area contributed by atoms with Gasteiger partial charge in [0.1, 0.15) is 17.5 Å². The molecule has 0 spiro atoms. The third kappa shape index (κ3) is 3.66. The maximum Gasteiger partial charge on any atom is 0.147 e. The molecule has 2 aromatic rings. The molecule has 106 valence electrons. The molecule has 1 aromatic heterocycles. The van der Waals surface area contributed by atoms with Gasteiger partial charge in [-0.2, -0.15) is 0 Å². The molecule has 0 saturated heterocycles. The van der Waals surface area contributed by atoms with Gasteiger partial charge in [0.05, 0.1) is 18.4 Å². The molecule has 5 heteroatoms. The van der Waals surface area contributed by atoms with Crippen LogP contribution in [0.2, 0.25) is 0 Å². The predicted octanol–water partition coefficient (Wildman–Crippen LogP) is 3.61. The average Bonchev–Trinajstić information content (AvgIpc) is 2.46. The molecule has 0 saturated carbocycles. The Morgan fingerprint density at radius 3 is 2.70 bits per heavy atom. The lowest BCUT2D eigenvalue weighted by Gasteiger charge is -2.16. The van der Waals surface area contributed by atoms with Crippen LogP contribution in [0, 0.1) is 5.82 Å². The molecule has 4 nitrogen and oxygen atoms in total. The standard InChI is InChI=1S/C15H19FN4/c1-3-8-18-14-9-17-10-15(20-14)19-11(2)12-6-4-5-7-13(12)16/h4-7,9-11H,3,8H2,1-2H3,(H2,18,19,20). The van der Waals surface area contributed by atoms with Crippen molar-refractivity contribution in [2.75, 3.05) is 17.2 Å². The van der Waals surface area contributed by atoms with Crippen molar-refractivity contribution < 1.29 is 4.39 Å². The van der Waals surface area contributed by atoms with Gasteiger partial charge < -0.3 is 10.6 Å². The van der Waals surface area contributed by atoms with E-state index in [0.29, 0.717) is 11.4 Å². The Hall–Kier alpha value is -2.17. The minimum atomic E-state index is -0.222. The summed E-state index contributed by atoms with van der Waals surface area (Å²) in [5.41, 5.74) is 0.612. The molecule has 0 aliphatic heterocycles. The molecular weight excluding hydrogens is 255 g/mol. The predicted molar refractivity (Wildman–Crippen MR) is 79.3 cm³/mol. The number of rotatable bonds is 6. The Morgan fingerprint density at radius 1 is 1.20 bits per heavy atom. The molecule has 1 atom stereocenters.